The maximum Gasteiger partial charge on any atom is 0.254 e. The molecule has 4 rings (SSSR count). The molecule has 0 atom stereocenters. The minimum Gasteiger partial charge on any atom is -0.346 e. The van der Waals surface area contributed by atoms with E-state index in [0.29, 0.717) is 18.8 Å². The first-order valence-electron chi connectivity index (χ1n) is 11.8. The molecule has 174 valence electrons. The van der Waals surface area contributed by atoms with Crippen molar-refractivity contribution in [2.75, 3.05) is 26.7 Å². The van der Waals surface area contributed by atoms with Crippen molar-refractivity contribution in [3.8, 4) is 0 Å². The summed E-state index contributed by atoms with van der Waals surface area (Å²) in [6.07, 6.45) is 7.60. The summed E-state index contributed by atoms with van der Waals surface area (Å²) in [7, 11) is 1.89. The van der Waals surface area contributed by atoms with Crippen molar-refractivity contribution in [3.63, 3.8) is 0 Å². The standard InChI is InChI=1S/C26H32N4O2S/c1-3-4-14-28(2)25(31)20-12-16-29(17-13-20)26(32)22-9-5-6-10-23(22)33-19-21-18-30-15-8-7-11-24(30)27-21/h5-11,15,18,20H,3-4,12-14,16-17,19H2,1-2H3. The fourth-order valence-corrected chi connectivity index (χ4v) is 5.22. The number of pyridine rings is 1. The van der Waals surface area contributed by atoms with Gasteiger partial charge in [-0.2, -0.15) is 0 Å². The second kappa shape index (κ2) is 10.9. The van der Waals surface area contributed by atoms with E-state index in [1.54, 1.807) is 11.8 Å². The molecule has 0 spiro atoms. The quantitative estimate of drug-likeness (QED) is 0.452. The van der Waals surface area contributed by atoms with E-state index < -0.39 is 0 Å². The number of carbonyl (C=O) groups excluding carboxylic acids is 2. The van der Waals surface area contributed by atoms with Gasteiger partial charge in [0.1, 0.15) is 5.65 Å². The zero-order valence-corrected chi connectivity index (χ0v) is 20.3. The van der Waals surface area contributed by atoms with Gasteiger partial charge in [0.2, 0.25) is 5.91 Å². The second-order valence-corrected chi connectivity index (χ2v) is 9.68. The van der Waals surface area contributed by atoms with Gasteiger partial charge in [0.05, 0.1) is 11.3 Å². The summed E-state index contributed by atoms with van der Waals surface area (Å²) in [6.45, 7) is 4.20. The predicted octanol–water partition coefficient (Wildman–Crippen LogP) is 4.74. The van der Waals surface area contributed by atoms with Crippen molar-refractivity contribution in [2.24, 2.45) is 5.92 Å². The number of thioether (sulfide) groups is 1. The molecule has 33 heavy (non-hydrogen) atoms. The summed E-state index contributed by atoms with van der Waals surface area (Å²) in [5.74, 6) is 1.000. The first-order chi connectivity index (χ1) is 16.1. The molecule has 1 aliphatic rings. The zero-order chi connectivity index (χ0) is 23.2. The Morgan fingerprint density at radius 3 is 2.64 bits per heavy atom. The maximum absolute atomic E-state index is 13.3. The number of likely N-dealkylation sites (tertiary alicyclic amines) is 1. The van der Waals surface area contributed by atoms with Crippen LogP contribution in [0.15, 0.2) is 59.8 Å². The van der Waals surface area contributed by atoms with Crippen molar-refractivity contribution in [3.05, 3.63) is 66.1 Å². The summed E-state index contributed by atoms with van der Waals surface area (Å²) in [6, 6.07) is 13.8. The molecule has 0 N–H and O–H groups in total. The molecule has 6 nitrogen and oxygen atoms in total. The Kier molecular flexibility index (Phi) is 7.70. The van der Waals surface area contributed by atoms with Crippen LogP contribution in [0.1, 0.15) is 48.7 Å². The van der Waals surface area contributed by atoms with E-state index in [9.17, 15) is 9.59 Å². The highest BCUT2D eigenvalue weighted by molar-refractivity contribution is 7.98. The van der Waals surface area contributed by atoms with Gasteiger partial charge in [-0.25, -0.2) is 4.98 Å². The second-order valence-electron chi connectivity index (χ2n) is 8.66. The Morgan fingerprint density at radius 1 is 1.12 bits per heavy atom. The number of carbonyl (C=O) groups is 2. The highest BCUT2D eigenvalue weighted by Crippen LogP contribution is 2.29. The van der Waals surface area contributed by atoms with E-state index in [1.807, 2.05) is 76.1 Å². The van der Waals surface area contributed by atoms with Crippen molar-refractivity contribution in [2.45, 2.75) is 43.3 Å². The molecule has 7 heteroatoms. The summed E-state index contributed by atoms with van der Waals surface area (Å²) in [4.78, 5) is 35.4. The van der Waals surface area contributed by atoms with Gasteiger partial charge in [-0.1, -0.05) is 31.5 Å². The van der Waals surface area contributed by atoms with E-state index in [0.717, 1.165) is 54.0 Å². The summed E-state index contributed by atoms with van der Waals surface area (Å²) in [5, 5.41) is 0. The smallest absolute Gasteiger partial charge is 0.254 e. The largest absolute Gasteiger partial charge is 0.346 e. The lowest BCUT2D eigenvalue weighted by molar-refractivity contribution is -0.135. The van der Waals surface area contributed by atoms with Crippen LogP contribution in [0.2, 0.25) is 0 Å². The van der Waals surface area contributed by atoms with Crippen molar-refractivity contribution >= 4 is 29.2 Å². The van der Waals surface area contributed by atoms with Gasteiger partial charge >= 0.3 is 0 Å². The minimum absolute atomic E-state index is 0.0237. The van der Waals surface area contributed by atoms with Crippen LogP contribution in [-0.2, 0) is 10.5 Å². The van der Waals surface area contributed by atoms with E-state index >= 15 is 0 Å². The average Bonchev–Trinajstić information content (AvgIpc) is 3.28. The van der Waals surface area contributed by atoms with Crippen LogP contribution >= 0.6 is 11.8 Å². The number of amides is 2. The van der Waals surface area contributed by atoms with Crippen LogP contribution in [0, 0.1) is 5.92 Å². The third-order valence-corrected chi connectivity index (χ3v) is 7.37. The molecule has 3 aromatic rings. The topological polar surface area (TPSA) is 57.9 Å². The Hall–Kier alpha value is -2.80. The van der Waals surface area contributed by atoms with Gasteiger partial charge in [-0.05, 0) is 43.5 Å². The molecular formula is C26H32N4O2S. The lowest BCUT2D eigenvalue weighted by atomic mass is 9.94. The Bertz CT molecular complexity index is 1070. The Balaban J connectivity index is 1.36. The first-order valence-corrected chi connectivity index (χ1v) is 12.7. The number of fused-ring (bicyclic) bond motifs is 1. The number of unbranched alkanes of at least 4 members (excludes halogenated alkanes) is 1. The molecule has 0 saturated carbocycles. The van der Waals surface area contributed by atoms with Crippen LogP contribution < -0.4 is 0 Å². The number of aromatic nitrogens is 2. The third-order valence-electron chi connectivity index (χ3n) is 6.26. The molecule has 2 aromatic heterocycles. The highest BCUT2D eigenvalue weighted by Gasteiger charge is 2.30. The van der Waals surface area contributed by atoms with Crippen LogP contribution in [-0.4, -0.2) is 57.7 Å². The predicted molar refractivity (Wildman–Crippen MR) is 132 cm³/mol. The Labute approximate surface area is 200 Å². The SMILES string of the molecule is CCCCN(C)C(=O)C1CCN(C(=O)c2ccccc2SCc2cn3ccccc3n2)CC1. The van der Waals surface area contributed by atoms with Gasteiger partial charge in [-0.15, -0.1) is 11.8 Å². The number of piperidine rings is 1. The first kappa shape index (κ1) is 23.4. The molecule has 1 saturated heterocycles. The van der Waals surface area contributed by atoms with Crippen molar-refractivity contribution in [1.29, 1.82) is 0 Å². The fourth-order valence-electron chi connectivity index (χ4n) is 4.29. The summed E-state index contributed by atoms with van der Waals surface area (Å²) >= 11 is 1.64. The van der Waals surface area contributed by atoms with E-state index in [4.69, 9.17) is 0 Å². The molecular weight excluding hydrogens is 432 g/mol. The lowest BCUT2D eigenvalue weighted by Crippen LogP contribution is -2.43. The number of nitrogens with zero attached hydrogens (tertiary/aromatic N) is 4. The Morgan fingerprint density at radius 2 is 1.88 bits per heavy atom. The molecule has 0 unspecified atom stereocenters. The van der Waals surface area contributed by atoms with Gasteiger partial charge in [0.25, 0.3) is 5.91 Å². The summed E-state index contributed by atoms with van der Waals surface area (Å²) < 4.78 is 2.01. The molecule has 0 radical (unpaired) electrons. The molecule has 2 amide bonds. The van der Waals surface area contributed by atoms with Crippen LogP contribution in [0.5, 0.6) is 0 Å². The maximum atomic E-state index is 13.3. The van der Waals surface area contributed by atoms with E-state index in [2.05, 4.69) is 11.9 Å². The number of hydrogen-bond donors (Lipinski definition) is 0. The van der Waals surface area contributed by atoms with Gasteiger partial charge in [0, 0.05) is 55.6 Å². The van der Waals surface area contributed by atoms with Gasteiger partial charge < -0.3 is 14.2 Å². The van der Waals surface area contributed by atoms with Crippen LogP contribution in [0.4, 0.5) is 0 Å². The van der Waals surface area contributed by atoms with E-state index in [1.165, 1.54) is 0 Å². The summed E-state index contributed by atoms with van der Waals surface area (Å²) in [5.41, 5.74) is 2.64. The van der Waals surface area contributed by atoms with Crippen molar-refractivity contribution < 1.29 is 9.59 Å². The molecule has 1 aliphatic heterocycles. The number of hydrogen-bond acceptors (Lipinski definition) is 4. The molecule has 0 bridgehead atoms. The van der Waals surface area contributed by atoms with Crippen LogP contribution in [0.3, 0.4) is 0 Å². The molecule has 0 aliphatic carbocycles. The molecule has 1 aromatic carbocycles. The normalized spacial score (nSPS) is 14.5. The molecule has 1 fully saturated rings. The zero-order valence-electron chi connectivity index (χ0n) is 19.4. The molecule has 3 heterocycles. The van der Waals surface area contributed by atoms with Gasteiger partial charge in [-0.3, -0.25) is 9.59 Å². The average molecular weight is 465 g/mol. The number of benzene rings is 1. The fraction of sp³-hybridized carbons (Fsp3) is 0.423. The van der Waals surface area contributed by atoms with E-state index in [-0.39, 0.29) is 17.7 Å². The number of imidazole rings is 1. The lowest BCUT2D eigenvalue weighted by Gasteiger charge is -2.33. The monoisotopic (exact) mass is 464 g/mol. The van der Waals surface area contributed by atoms with Gasteiger partial charge in [0.15, 0.2) is 0 Å². The number of rotatable bonds is 8. The van der Waals surface area contributed by atoms with Crippen molar-refractivity contribution in [1.82, 2.24) is 19.2 Å². The third kappa shape index (κ3) is 5.58. The minimum atomic E-state index is 0.0237. The van der Waals surface area contributed by atoms with Crippen LogP contribution in [0.25, 0.3) is 5.65 Å². The highest BCUT2D eigenvalue weighted by atomic mass is 32.2.